The summed E-state index contributed by atoms with van der Waals surface area (Å²) in [6.45, 7) is 4.40. The van der Waals surface area contributed by atoms with Gasteiger partial charge in [0, 0.05) is 19.7 Å². The molecular formula is C13H18I2O. The van der Waals surface area contributed by atoms with E-state index in [0.717, 1.165) is 26.1 Å². The van der Waals surface area contributed by atoms with Crippen molar-refractivity contribution in [3.8, 4) is 0 Å². The van der Waals surface area contributed by atoms with Gasteiger partial charge in [0.15, 0.2) is 0 Å². The van der Waals surface area contributed by atoms with E-state index in [-0.39, 0.29) is 5.41 Å². The van der Waals surface area contributed by atoms with Crippen LogP contribution in [0.5, 0.6) is 0 Å². The van der Waals surface area contributed by atoms with Crippen molar-refractivity contribution in [1.29, 1.82) is 0 Å². The van der Waals surface area contributed by atoms with Crippen LogP contribution in [0.4, 0.5) is 0 Å². The average molecular weight is 444 g/mol. The van der Waals surface area contributed by atoms with Crippen LogP contribution in [-0.4, -0.2) is 13.6 Å². The van der Waals surface area contributed by atoms with Crippen molar-refractivity contribution in [3.05, 3.63) is 0 Å². The predicted molar refractivity (Wildman–Crippen MR) is 82.2 cm³/mol. The molecular weight excluding hydrogens is 426 g/mol. The fraction of sp³-hybridized carbons (Fsp3) is 0.923. The van der Waals surface area contributed by atoms with E-state index in [2.05, 4.69) is 59.0 Å². The number of halogens is 2. The molecule has 3 aliphatic carbocycles. The van der Waals surface area contributed by atoms with E-state index in [1.54, 1.807) is 0 Å². The molecule has 0 aromatic heterocycles. The third kappa shape index (κ3) is 1.42. The average Bonchev–Trinajstić information content (AvgIpc) is 2.64. The molecule has 0 spiro atoms. The van der Waals surface area contributed by atoms with Gasteiger partial charge in [0.05, 0.1) is 0 Å². The molecule has 0 N–H and O–H groups in total. The Hall–Kier alpha value is 1.13. The zero-order valence-corrected chi connectivity index (χ0v) is 14.1. The summed E-state index contributed by atoms with van der Waals surface area (Å²) in [7, 11) is 0. The molecule has 3 unspecified atom stereocenters. The lowest BCUT2D eigenvalue weighted by molar-refractivity contribution is -0.132. The number of alkyl halides is 2. The Balaban J connectivity index is 2.04. The highest BCUT2D eigenvalue weighted by atomic mass is 127. The lowest BCUT2D eigenvalue weighted by Gasteiger charge is -2.40. The Morgan fingerprint density at radius 1 is 1.19 bits per heavy atom. The molecule has 6 atom stereocenters. The van der Waals surface area contributed by atoms with Gasteiger partial charge >= 0.3 is 0 Å². The third-order valence-corrected chi connectivity index (χ3v) is 8.52. The van der Waals surface area contributed by atoms with Gasteiger partial charge in [-0.15, -0.1) is 0 Å². The Morgan fingerprint density at radius 3 is 2.56 bits per heavy atom. The lowest BCUT2D eigenvalue weighted by Crippen LogP contribution is -2.44. The number of fused-ring (bicyclic) bond motifs is 5. The van der Waals surface area contributed by atoms with Gasteiger partial charge in [0.2, 0.25) is 0 Å². The molecule has 0 aliphatic heterocycles. The highest BCUT2D eigenvalue weighted by molar-refractivity contribution is 14.1. The van der Waals surface area contributed by atoms with E-state index < -0.39 is 0 Å². The van der Waals surface area contributed by atoms with Crippen molar-refractivity contribution in [2.24, 2.45) is 29.1 Å². The Labute approximate surface area is 125 Å². The minimum atomic E-state index is -0.0531. The first-order chi connectivity index (χ1) is 7.44. The van der Waals surface area contributed by atoms with E-state index in [9.17, 15) is 4.79 Å². The van der Waals surface area contributed by atoms with Crippen molar-refractivity contribution < 1.29 is 4.79 Å². The van der Waals surface area contributed by atoms with E-state index in [1.165, 1.54) is 12.8 Å². The molecule has 3 rings (SSSR count). The van der Waals surface area contributed by atoms with Gasteiger partial charge in [0.25, 0.3) is 0 Å². The van der Waals surface area contributed by atoms with Gasteiger partial charge in [-0.25, -0.2) is 0 Å². The zero-order valence-electron chi connectivity index (χ0n) is 9.75. The number of hydrogen-bond donors (Lipinski definition) is 0. The molecule has 3 aliphatic rings. The number of Topliss-reactive ketones (excluding diaryl/α,β-unsaturated/α-hetero) is 1. The van der Waals surface area contributed by atoms with Crippen LogP contribution in [0, 0.1) is 29.1 Å². The van der Waals surface area contributed by atoms with Gasteiger partial charge in [-0.2, -0.15) is 0 Å². The maximum atomic E-state index is 12.3. The minimum Gasteiger partial charge on any atom is -0.299 e. The number of ketones is 1. The fourth-order valence-electron chi connectivity index (χ4n) is 4.57. The standard InChI is InChI=1S/C13H18I2O/c1-13(2)9(16)5-7-10-6(3-4-8(10)14)11(13)12(7)15/h6-8,10-12H,3-5H2,1-2H3/t6-,7?,8-,10+,11?,12?/m0/s1. The predicted octanol–water partition coefficient (Wildman–Crippen LogP) is 3.86. The summed E-state index contributed by atoms with van der Waals surface area (Å²) < 4.78 is 1.58. The first-order valence-corrected chi connectivity index (χ1v) is 8.75. The van der Waals surface area contributed by atoms with Crippen molar-refractivity contribution in [3.63, 3.8) is 0 Å². The topological polar surface area (TPSA) is 17.1 Å². The zero-order chi connectivity index (χ0) is 11.7. The van der Waals surface area contributed by atoms with Crippen molar-refractivity contribution in [2.75, 3.05) is 0 Å². The third-order valence-electron chi connectivity index (χ3n) is 5.37. The van der Waals surface area contributed by atoms with Crippen LogP contribution >= 0.6 is 45.2 Å². The second kappa shape index (κ2) is 3.81. The maximum absolute atomic E-state index is 12.3. The lowest BCUT2D eigenvalue weighted by atomic mass is 9.66. The van der Waals surface area contributed by atoms with Crippen molar-refractivity contribution >= 4 is 51.0 Å². The van der Waals surface area contributed by atoms with Crippen LogP contribution in [0.15, 0.2) is 0 Å². The molecule has 1 nitrogen and oxygen atoms in total. The van der Waals surface area contributed by atoms with Gasteiger partial charge < -0.3 is 0 Å². The van der Waals surface area contributed by atoms with Gasteiger partial charge in [0.1, 0.15) is 5.78 Å². The molecule has 3 fully saturated rings. The van der Waals surface area contributed by atoms with Crippen LogP contribution in [0.3, 0.4) is 0 Å². The van der Waals surface area contributed by atoms with Crippen molar-refractivity contribution in [2.45, 2.75) is 41.0 Å². The highest BCUT2D eigenvalue weighted by Gasteiger charge is 2.63. The number of carbonyl (C=O) groups excluding carboxylic acids is 1. The summed E-state index contributed by atoms with van der Waals surface area (Å²) in [6, 6.07) is 0. The molecule has 16 heavy (non-hydrogen) atoms. The molecule has 0 aromatic carbocycles. The van der Waals surface area contributed by atoms with E-state index in [1.807, 2.05) is 0 Å². The van der Waals surface area contributed by atoms with Gasteiger partial charge in [-0.05, 0) is 36.5 Å². The van der Waals surface area contributed by atoms with Crippen LogP contribution in [0.2, 0.25) is 0 Å². The van der Waals surface area contributed by atoms with Crippen LogP contribution in [-0.2, 0) is 4.79 Å². The highest BCUT2D eigenvalue weighted by Crippen LogP contribution is 2.64. The molecule has 0 aromatic rings. The Bertz CT molecular complexity index is 339. The summed E-state index contributed by atoms with van der Waals surface area (Å²) in [6.07, 6.45) is 3.62. The fourth-order valence-corrected chi connectivity index (χ4v) is 8.16. The number of rotatable bonds is 0. The first-order valence-electron chi connectivity index (χ1n) is 6.26. The maximum Gasteiger partial charge on any atom is 0.139 e. The molecule has 3 heteroatoms. The summed E-state index contributed by atoms with van der Waals surface area (Å²) in [5.74, 6) is 3.58. The molecule has 3 saturated carbocycles. The second-order valence-electron chi connectivity index (χ2n) is 6.32. The first kappa shape index (κ1) is 12.2. The summed E-state index contributed by atoms with van der Waals surface area (Å²) in [4.78, 5) is 12.3. The van der Waals surface area contributed by atoms with Gasteiger partial charge in [-0.3, -0.25) is 4.79 Å². The van der Waals surface area contributed by atoms with Crippen LogP contribution in [0.1, 0.15) is 33.1 Å². The van der Waals surface area contributed by atoms with E-state index >= 15 is 0 Å². The smallest absolute Gasteiger partial charge is 0.139 e. The summed E-state index contributed by atoms with van der Waals surface area (Å²) in [5, 5.41) is 0. The van der Waals surface area contributed by atoms with Gasteiger partial charge in [-0.1, -0.05) is 59.0 Å². The largest absolute Gasteiger partial charge is 0.299 e. The normalized spacial score (nSPS) is 54.1. The molecule has 0 heterocycles. The summed E-state index contributed by atoms with van der Waals surface area (Å²) >= 11 is 5.29. The molecule has 0 saturated heterocycles. The quantitative estimate of drug-likeness (QED) is 0.410. The Kier molecular flexibility index (Phi) is 2.90. The van der Waals surface area contributed by atoms with Crippen LogP contribution in [0.25, 0.3) is 0 Å². The number of carbonyl (C=O) groups is 1. The molecule has 2 bridgehead atoms. The minimum absolute atomic E-state index is 0.0531. The van der Waals surface area contributed by atoms with E-state index in [4.69, 9.17) is 0 Å². The monoisotopic (exact) mass is 444 g/mol. The Morgan fingerprint density at radius 2 is 1.88 bits per heavy atom. The summed E-state index contributed by atoms with van der Waals surface area (Å²) in [5.41, 5.74) is -0.0531. The second-order valence-corrected chi connectivity index (χ2v) is 9.36. The molecule has 90 valence electrons. The van der Waals surface area contributed by atoms with Crippen LogP contribution < -0.4 is 0 Å². The molecule has 0 amide bonds. The van der Waals surface area contributed by atoms with Crippen molar-refractivity contribution in [1.82, 2.24) is 0 Å². The van der Waals surface area contributed by atoms with E-state index in [0.29, 0.717) is 17.6 Å². The SMILES string of the molecule is CC1(C)C(=O)CC2C(I)C1[C@H]1CC[C@H](I)[C@@H]21. The number of hydrogen-bond acceptors (Lipinski definition) is 1. The molecule has 0 radical (unpaired) electrons.